The third-order valence-electron chi connectivity index (χ3n) is 2.49. The molecule has 0 saturated heterocycles. The first-order chi connectivity index (χ1) is 9.22. The van der Waals surface area contributed by atoms with Crippen LogP contribution in [-0.4, -0.2) is 20.1 Å². The minimum atomic E-state index is 0.396. The summed E-state index contributed by atoms with van der Waals surface area (Å²) >= 11 is 5.91. The molecule has 0 amide bonds. The number of rotatable bonds is 2. The average molecular weight is 273 g/mol. The number of aromatic nitrogens is 4. The van der Waals surface area contributed by atoms with Crippen LogP contribution in [0, 0.1) is 6.92 Å². The van der Waals surface area contributed by atoms with Gasteiger partial charge in [0.25, 0.3) is 5.89 Å². The highest BCUT2D eigenvalue weighted by atomic mass is 35.5. The Morgan fingerprint density at radius 2 is 2.05 bits per heavy atom. The molecule has 0 bridgehead atoms. The molecule has 0 spiro atoms. The molecule has 0 N–H and O–H groups in total. The molecule has 0 saturated carbocycles. The van der Waals surface area contributed by atoms with Crippen molar-refractivity contribution >= 4 is 11.6 Å². The summed E-state index contributed by atoms with van der Waals surface area (Å²) in [6.07, 6.45) is 1.68. The van der Waals surface area contributed by atoms with Crippen LogP contribution in [0.1, 0.15) is 5.69 Å². The highest BCUT2D eigenvalue weighted by Gasteiger charge is 2.12. The van der Waals surface area contributed by atoms with Crippen molar-refractivity contribution in [3.63, 3.8) is 0 Å². The highest BCUT2D eigenvalue weighted by Crippen LogP contribution is 2.23. The normalized spacial score (nSPS) is 10.6. The maximum absolute atomic E-state index is 5.91. The fourth-order valence-electron chi connectivity index (χ4n) is 1.69. The molecule has 0 aliphatic heterocycles. The second kappa shape index (κ2) is 4.78. The molecule has 0 fully saturated rings. The van der Waals surface area contributed by atoms with Gasteiger partial charge in [0.05, 0.1) is 0 Å². The van der Waals surface area contributed by atoms with E-state index in [1.165, 1.54) is 0 Å². The van der Waals surface area contributed by atoms with E-state index >= 15 is 0 Å². The Morgan fingerprint density at radius 3 is 2.79 bits per heavy atom. The molecule has 0 aliphatic rings. The van der Waals surface area contributed by atoms with E-state index in [1.54, 1.807) is 12.3 Å². The van der Waals surface area contributed by atoms with Gasteiger partial charge in [-0.1, -0.05) is 22.8 Å². The van der Waals surface area contributed by atoms with Crippen molar-refractivity contribution in [3.05, 3.63) is 47.4 Å². The zero-order valence-corrected chi connectivity index (χ0v) is 10.8. The summed E-state index contributed by atoms with van der Waals surface area (Å²) in [5, 5.41) is 4.31. The molecular weight excluding hydrogens is 264 g/mol. The van der Waals surface area contributed by atoms with Crippen LogP contribution in [0.15, 0.2) is 41.1 Å². The highest BCUT2D eigenvalue weighted by molar-refractivity contribution is 6.29. The molecule has 0 atom stereocenters. The molecule has 19 heavy (non-hydrogen) atoms. The van der Waals surface area contributed by atoms with Gasteiger partial charge in [0.2, 0.25) is 5.82 Å². The van der Waals surface area contributed by atoms with Crippen molar-refractivity contribution in [2.24, 2.45) is 0 Å². The first kappa shape index (κ1) is 11.8. The molecule has 3 aromatic heterocycles. The van der Waals surface area contributed by atoms with Gasteiger partial charge in [0.1, 0.15) is 10.8 Å². The summed E-state index contributed by atoms with van der Waals surface area (Å²) in [6.45, 7) is 1.85. The Balaban J connectivity index is 2.02. The van der Waals surface area contributed by atoms with Crippen LogP contribution in [0.3, 0.4) is 0 Å². The van der Waals surface area contributed by atoms with Crippen LogP contribution in [0.4, 0.5) is 0 Å². The van der Waals surface area contributed by atoms with Gasteiger partial charge in [-0.2, -0.15) is 4.98 Å². The summed E-state index contributed by atoms with van der Waals surface area (Å²) in [6, 6.07) is 9.04. The molecular formula is C13H9ClN4O. The smallest absolute Gasteiger partial charge is 0.258 e. The van der Waals surface area contributed by atoms with Crippen LogP contribution in [0.25, 0.3) is 23.0 Å². The second-order valence-electron chi connectivity index (χ2n) is 3.96. The van der Waals surface area contributed by atoms with Gasteiger partial charge in [-0.15, -0.1) is 0 Å². The van der Waals surface area contributed by atoms with E-state index in [1.807, 2.05) is 31.2 Å². The van der Waals surface area contributed by atoms with Crippen LogP contribution in [0.2, 0.25) is 5.15 Å². The average Bonchev–Trinajstić information content (AvgIpc) is 2.88. The van der Waals surface area contributed by atoms with Crippen molar-refractivity contribution < 1.29 is 4.52 Å². The maximum atomic E-state index is 5.91. The van der Waals surface area contributed by atoms with Crippen LogP contribution >= 0.6 is 11.6 Å². The van der Waals surface area contributed by atoms with E-state index in [4.69, 9.17) is 16.1 Å². The van der Waals surface area contributed by atoms with Gasteiger partial charge in [-0.05, 0) is 31.2 Å². The maximum Gasteiger partial charge on any atom is 0.258 e. The van der Waals surface area contributed by atoms with Crippen LogP contribution in [0.5, 0.6) is 0 Å². The SMILES string of the molecule is Cc1cc(-c2nc(-c3ccccn3)no2)cc(Cl)n1. The summed E-state index contributed by atoms with van der Waals surface area (Å²) in [5.74, 6) is 0.842. The quantitative estimate of drug-likeness (QED) is 0.671. The standard InChI is InChI=1S/C13H9ClN4O/c1-8-6-9(7-11(14)16-8)13-17-12(18-19-13)10-4-2-3-5-15-10/h2-7H,1H3. The minimum absolute atomic E-state index is 0.396. The van der Waals surface area contributed by atoms with Gasteiger partial charge in [-0.3, -0.25) is 4.98 Å². The Morgan fingerprint density at radius 1 is 1.16 bits per heavy atom. The zero-order valence-electron chi connectivity index (χ0n) is 10.0. The number of hydrogen-bond acceptors (Lipinski definition) is 5. The van der Waals surface area contributed by atoms with Gasteiger partial charge < -0.3 is 4.52 Å². The molecule has 0 aromatic carbocycles. The lowest BCUT2D eigenvalue weighted by Gasteiger charge is -1.97. The molecule has 94 valence electrons. The van der Waals surface area contributed by atoms with E-state index in [0.717, 1.165) is 11.3 Å². The van der Waals surface area contributed by atoms with Gasteiger partial charge in [0.15, 0.2) is 0 Å². The zero-order chi connectivity index (χ0) is 13.2. The lowest BCUT2D eigenvalue weighted by Crippen LogP contribution is -1.86. The van der Waals surface area contributed by atoms with E-state index in [9.17, 15) is 0 Å². The van der Waals surface area contributed by atoms with E-state index in [-0.39, 0.29) is 0 Å². The summed E-state index contributed by atoms with van der Waals surface area (Å²) < 4.78 is 5.23. The van der Waals surface area contributed by atoms with Gasteiger partial charge >= 0.3 is 0 Å². The number of aryl methyl sites for hydroxylation is 1. The Hall–Kier alpha value is -2.27. The fourth-order valence-corrected chi connectivity index (χ4v) is 1.94. The minimum Gasteiger partial charge on any atom is -0.334 e. The Labute approximate surface area is 114 Å². The van der Waals surface area contributed by atoms with E-state index < -0.39 is 0 Å². The second-order valence-corrected chi connectivity index (χ2v) is 4.35. The number of halogens is 1. The largest absolute Gasteiger partial charge is 0.334 e. The lowest BCUT2D eigenvalue weighted by molar-refractivity contribution is 0.432. The topological polar surface area (TPSA) is 64.7 Å². The summed E-state index contributed by atoms with van der Waals surface area (Å²) in [4.78, 5) is 12.6. The third kappa shape index (κ3) is 2.46. The van der Waals surface area contributed by atoms with Crippen molar-refractivity contribution in [2.45, 2.75) is 6.92 Å². The summed E-state index contributed by atoms with van der Waals surface area (Å²) in [5.41, 5.74) is 2.20. The monoisotopic (exact) mass is 272 g/mol. The fraction of sp³-hybridized carbons (Fsp3) is 0.0769. The van der Waals surface area contributed by atoms with Gasteiger partial charge in [-0.25, -0.2) is 4.98 Å². The molecule has 0 unspecified atom stereocenters. The predicted octanol–water partition coefficient (Wildman–Crippen LogP) is 3.16. The first-order valence-corrected chi connectivity index (χ1v) is 6.00. The van der Waals surface area contributed by atoms with Gasteiger partial charge in [0, 0.05) is 17.5 Å². The van der Waals surface area contributed by atoms with Crippen LogP contribution < -0.4 is 0 Å². The number of nitrogens with zero attached hydrogens (tertiary/aromatic N) is 4. The first-order valence-electron chi connectivity index (χ1n) is 5.62. The van der Waals surface area contributed by atoms with E-state index in [2.05, 4.69) is 20.1 Å². The molecule has 3 aromatic rings. The number of pyridine rings is 2. The molecule has 5 nitrogen and oxygen atoms in total. The number of hydrogen-bond donors (Lipinski definition) is 0. The molecule has 3 rings (SSSR count). The predicted molar refractivity (Wildman–Crippen MR) is 70.5 cm³/mol. The molecule has 0 aliphatic carbocycles. The van der Waals surface area contributed by atoms with Crippen LogP contribution in [-0.2, 0) is 0 Å². The Bertz CT molecular complexity index is 691. The molecule has 6 heteroatoms. The Kier molecular flexibility index (Phi) is 2.97. The van der Waals surface area contributed by atoms with Crippen molar-refractivity contribution in [3.8, 4) is 23.0 Å². The molecule has 0 radical (unpaired) electrons. The van der Waals surface area contributed by atoms with Crippen molar-refractivity contribution in [2.75, 3.05) is 0 Å². The third-order valence-corrected chi connectivity index (χ3v) is 2.68. The van der Waals surface area contributed by atoms with Crippen molar-refractivity contribution in [1.82, 2.24) is 20.1 Å². The molecule has 3 heterocycles. The van der Waals surface area contributed by atoms with E-state index in [0.29, 0.717) is 22.6 Å². The van der Waals surface area contributed by atoms with Crippen molar-refractivity contribution in [1.29, 1.82) is 0 Å². The summed E-state index contributed by atoms with van der Waals surface area (Å²) in [7, 11) is 0. The lowest BCUT2D eigenvalue weighted by atomic mass is 10.2.